The number of amides is 1. The van der Waals surface area contributed by atoms with Crippen LogP contribution in [-0.4, -0.2) is 44.6 Å². The Labute approximate surface area is 95.1 Å². The van der Waals surface area contributed by atoms with Gasteiger partial charge in [-0.25, -0.2) is 9.48 Å². The Morgan fingerprint density at radius 1 is 1.62 bits per heavy atom. The third-order valence-corrected chi connectivity index (χ3v) is 1.53. The van der Waals surface area contributed by atoms with Crippen LogP contribution in [0, 0.1) is 0 Å². The second-order valence-electron chi connectivity index (χ2n) is 2.65. The largest absolute Gasteiger partial charge is 0.480 e. The van der Waals surface area contributed by atoms with Crippen LogP contribution in [0.4, 0.5) is 10.6 Å². The fraction of sp³-hybridized carbons (Fsp3) is 0.429. The average Bonchev–Trinajstić information content (AvgIpc) is 2.61. The number of carboxylic acid groups (broad SMARTS) is 1. The molecule has 0 atom stereocenters. The monoisotopic (exact) mass is 248 g/mol. The molecule has 0 spiro atoms. The normalized spacial score (nSPS) is 9.81. The molecule has 1 aromatic rings. The lowest BCUT2D eigenvalue weighted by molar-refractivity contribution is -0.137. The first-order chi connectivity index (χ1) is 7.61. The molecule has 1 rings (SSSR count). The van der Waals surface area contributed by atoms with Crippen LogP contribution < -0.4 is 5.32 Å². The van der Waals surface area contributed by atoms with Crippen LogP contribution >= 0.6 is 11.6 Å². The van der Waals surface area contributed by atoms with Crippen LogP contribution in [0.15, 0.2) is 6.20 Å². The molecule has 9 heteroatoms. The van der Waals surface area contributed by atoms with E-state index in [0.717, 1.165) is 4.68 Å². The van der Waals surface area contributed by atoms with Crippen LogP contribution in [-0.2, 0) is 16.1 Å². The van der Waals surface area contributed by atoms with E-state index in [4.69, 9.17) is 16.7 Å². The highest BCUT2D eigenvalue weighted by Crippen LogP contribution is 2.00. The first-order valence-corrected chi connectivity index (χ1v) is 4.77. The smallest absolute Gasteiger partial charge is 0.412 e. The minimum atomic E-state index is -1.05. The molecule has 0 radical (unpaired) electrons. The van der Waals surface area contributed by atoms with Gasteiger partial charge in [-0.05, 0) is 0 Å². The molecular weight excluding hydrogens is 240 g/mol. The first-order valence-electron chi connectivity index (χ1n) is 4.23. The second kappa shape index (κ2) is 5.91. The topological polar surface area (TPSA) is 106 Å². The van der Waals surface area contributed by atoms with E-state index in [1.807, 2.05) is 0 Å². The number of carboxylic acids is 1. The zero-order valence-corrected chi connectivity index (χ0v) is 8.85. The third kappa shape index (κ3) is 4.13. The quantitative estimate of drug-likeness (QED) is 0.719. The second-order valence-corrected chi connectivity index (χ2v) is 3.02. The van der Waals surface area contributed by atoms with Gasteiger partial charge in [0.1, 0.15) is 13.2 Å². The molecule has 0 fully saturated rings. The van der Waals surface area contributed by atoms with Gasteiger partial charge in [0, 0.05) is 0 Å². The van der Waals surface area contributed by atoms with Gasteiger partial charge in [-0.1, -0.05) is 5.21 Å². The predicted octanol–water partition coefficient (Wildman–Crippen LogP) is 0.150. The number of hydrogen-bond donors (Lipinski definition) is 2. The van der Waals surface area contributed by atoms with Crippen molar-refractivity contribution in [1.29, 1.82) is 0 Å². The van der Waals surface area contributed by atoms with Crippen LogP contribution in [0.1, 0.15) is 0 Å². The zero-order valence-electron chi connectivity index (χ0n) is 8.09. The molecule has 1 aromatic heterocycles. The molecule has 0 aliphatic carbocycles. The zero-order chi connectivity index (χ0) is 12.0. The standard InChI is InChI=1S/C7H9ClN4O4/c8-1-2-16-7(15)9-5-3-12(11-10-5)4-6(13)14/h3H,1-2,4H2,(H,9,15)(H,13,14). The summed E-state index contributed by atoms with van der Waals surface area (Å²) in [7, 11) is 0. The number of alkyl halides is 1. The fourth-order valence-corrected chi connectivity index (χ4v) is 0.921. The van der Waals surface area contributed by atoms with Crippen LogP contribution in [0.3, 0.4) is 0 Å². The van der Waals surface area contributed by atoms with Gasteiger partial charge >= 0.3 is 12.1 Å². The van der Waals surface area contributed by atoms with Crippen molar-refractivity contribution in [2.75, 3.05) is 17.8 Å². The highest BCUT2D eigenvalue weighted by Gasteiger charge is 2.07. The van der Waals surface area contributed by atoms with E-state index in [2.05, 4.69) is 20.4 Å². The number of nitrogens with one attached hydrogen (secondary N) is 1. The Hall–Kier alpha value is -1.83. The number of anilines is 1. The molecule has 8 nitrogen and oxygen atoms in total. The van der Waals surface area contributed by atoms with Gasteiger partial charge in [0.05, 0.1) is 12.1 Å². The molecule has 0 unspecified atom stereocenters. The summed E-state index contributed by atoms with van der Waals surface area (Å²) in [5.74, 6) is -0.749. The van der Waals surface area contributed by atoms with Gasteiger partial charge in [-0.2, -0.15) is 0 Å². The summed E-state index contributed by atoms with van der Waals surface area (Å²) in [6, 6.07) is 0. The van der Waals surface area contributed by atoms with E-state index in [9.17, 15) is 9.59 Å². The van der Waals surface area contributed by atoms with E-state index >= 15 is 0 Å². The molecule has 88 valence electrons. The number of carbonyl (C=O) groups excluding carboxylic acids is 1. The maximum Gasteiger partial charge on any atom is 0.412 e. The van der Waals surface area contributed by atoms with E-state index in [1.54, 1.807) is 0 Å². The summed E-state index contributed by atoms with van der Waals surface area (Å²) < 4.78 is 5.68. The highest BCUT2D eigenvalue weighted by atomic mass is 35.5. The van der Waals surface area contributed by atoms with Gasteiger partial charge in [-0.15, -0.1) is 16.7 Å². The van der Waals surface area contributed by atoms with E-state index in [-0.39, 0.29) is 24.8 Å². The summed E-state index contributed by atoms with van der Waals surface area (Å²) >= 11 is 5.31. The molecule has 0 aliphatic rings. The van der Waals surface area contributed by atoms with E-state index in [0.29, 0.717) is 0 Å². The summed E-state index contributed by atoms with van der Waals surface area (Å²) in [5, 5.41) is 17.7. The number of nitrogens with zero attached hydrogens (tertiary/aromatic N) is 3. The number of carbonyl (C=O) groups is 2. The fourth-order valence-electron chi connectivity index (χ4n) is 0.843. The minimum absolute atomic E-state index is 0.0800. The van der Waals surface area contributed by atoms with Crippen molar-refractivity contribution in [3.8, 4) is 0 Å². The molecule has 2 N–H and O–H groups in total. The van der Waals surface area contributed by atoms with Crippen LogP contribution in [0.25, 0.3) is 0 Å². The van der Waals surface area contributed by atoms with Gasteiger partial charge in [0.25, 0.3) is 0 Å². The first kappa shape index (κ1) is 12.2. The lowest BCUT2D eigenvalue weighted by Crippen LogP contribution is -2.15. The highest BCUT2D eigenvalue weighted by molar-refractivity contribution is 6.18. The molecule has 1 heterocycles. The van der Waals surface area contributed by atoms with E-state index < -0.39 is 12.1 Å². The molecule has 0 bridgehead atoms. The third-order valence-electron chi connectivity index (χ3n) is 1.38. The van der Waals surface area contributed by atoms with Gasteiger partial charge < -0.3 is 9.84 Å². The minimum Gasteiger partial charge on any atom is -0.480 e. The SMILES string of the molecule is O=C(O)Cn1cc(NC(=O)OCCCl)nn1. The Morgan fingerprint density at radius 3 is 3.00 bits per heavy atom. The summed E-state index contributed by atoms with van der Waals surface area (Å²) in [4.78, 5) is 21.3. The number of aliphatic carboxylic acids is 1. The molecular formula is C7H9ClN4O4. The Balaban J connectivity index is 2.45. The Bertz CT molecular complexity index is 380. The maximum absolute atomic E-state index is 11.0. The summed E-state index contributed by atoms with van der Waals surface area (Å²) in [6.45, 7) is -0.248. The number of aromatic nitrogens is 3. The maximum atomic E-state index is 11.0. The van der Waals surface area contributed by atoms with Crippen molar-refractivity contribution in [2.45, 2.75) is 6.54 Å². The van der Waals surface area contributed by atoms with Crippen molar-refractivity contribution in [1.82, 2.24) is 15.0 Å². The van der Waals surface area contributed by atoms with Crippen LogP contribution in [0.5, 0.6) is 0 Å². The predicted molar refractivity (Wildman–Crippen MR) is 53.3 cm³/mol. The Morgan fingerprint density at radius 2 is 2.38 bits per heavy atom. The summed E-state index contributed by atoms with van der Waals surface area (Å²) in [5.41, 5.74) is 0. The number of ether oxygens (including phenoxy) is 1. The molecule has 0 saturated heterocycles. The van der Waals surface area contributed by atoms with Crippen molar-refractivity contribution in [3.05, 3.63) is 6.20 Å². The molecule has 0 aliphatic heterocycles. The summed E-state index contributed by atoms with van der Waals surface area (Å²) in [6.07, 6.45) is 0.554. The molecule has 16 heavy (non-hydrogen) atoms. The number of hydrogen-bond acceptors (Lipinski definition) is 5. The number of rotatable bonds is 5. The molecule has 0 saturated carbocycles. The van der Waals surface area contributed by atoms with Crippen molar-refractivity contribution in [2.24, 2.45) is 0 Å². The van der Waals surface area contributed by atoms with Crippen molar-refractivity contribution in [3.63, 3.8) is 0 Å². The Kier molecular flexibility index (Phi) is 4.52. The van der Waals surface area contributed by atoms with Crippen molar-refractivity contribution < 1.29 is 19.4 Å². The lowest BCUT2D eigenvalue weighted by atomic mass is 10.6. The molecule has 0 aromatic carbocycles. The van der Waals surface area contributed by atoms with Crippen molar-refractivity contribution >= 4 is 29.5 Å². The van der Waals surface area contributed by atoms with Gasteiger partial charge in [0.2, 0.25) is 0 Å². The average molecular weight is 249 g/mol. The lowest BCUT2D eigenvalue weighted by Gasteiger charge is -2.01. The number of halogens is 1. The van der Waals surface area contributed by atoms with E-state index in [1.165, 1.54) is 6.20 Å². The van der Waals surface area contributed by atoms with Gasteiger partial charge in [0.15, 0.2) is 5.82 Å². The van der Waals surface area contributed by atoms with Crippen LogP contribution in [0.2, 0.25) is 0 Å². The van der Waals surface area contributed by atoms with Gasteiger partial charge in [-0.3, -0.25) is 10.1 Å². The molecule has 1 amide bonds.